The normalized spacial score (nSPS) is 26.1. The smallest absolute Gasteiger partial charge is 0.352 e. The molecule has 3 N–H and O–H groups in total. The van der Waals surface area contributed by atoms with Crippen LogP contribution in [0.2, 0.25) is 0 Å². The third-order valence-electron chi connectivity index (χ3n) is 5.21. The zero-order chi connectivity index (χ0) is 23.0. The maximum absolute atomic E-state index is 12.7. The number of carbonyl (C=O) groups is 3. The number of amides is 1. The van der Waals surface area contributed by atoms with Crippen LogP contribution in [0.5, 0.6) is 0 Å². The van der Waals surface area contributed by atoms with Crippen LogP contribution < -0.4 is 5.32 Å². The fraction of sp³-hybridized carbons (Fsp3) is 0.500. The standard InChI is InChI=1S/C18H17N5O5S4/c19-4-7-3-9(7)14(29)20-12-15(26)23-13(17(27)28)8(5-30-16(12)23)6-31-18-22-21-10(32-18)1-2-11(24)25/h7,9,12,16H,1-3,5-6H2,(H,20,29)(H,24,25)(H,27,28)/t7-,9-,12?,16-/m0/s1. The third kappa shape index (κ3) is 4.61. The van der Waals surface area contributed by atoms with Crippen molar-refractivity contribution in [1.29, 1.82) is 5.26 Å². The van der Waals surface area contributed by atoms with Crippen LogP contribution in [0.3, 0.4) is 0 Å². The molecule has 4 atom stereocenters. The molecule has 1 aromatic rings. The van der Waals surface area contributed by atoms with Crippen molar-refractivity contribution in [2.45, 2.75) is 35.0 Å². The number of carboxylic acids is 2. The third-order valence-corrected chi connectivity index (χ3v) is 9.17. The number of aryl methyl sites for hydroxylation is 1. The van der Waals surface area contributed by atoms with Gasteiger partial charge in [-0.3, -0.25) is 14.5 Å². The highest BCUT2D eigenvalue weighted by Crippen LogP contribution is 2.43. The van der Waals surface area contributed by atoms with Crippen LogP contribution in [0.25, 0.3) is 0 Å². The Bertz CT molecular complexity index is 1070. The molecule has 1 saturated heterocycles. The van der Waals surface area contributed by atoms with Crippen LogP contribution in [0.1, 0.15) is 17.8 Å². The van der Waals surface area contributed by atoms with Crippen molar-refractivity contribution >= 4 is 69.9 Å². The van der Waals surface area contributed by atoms with E-state index in [-0.39, 0.29) is 35.2 Å². The number of β-lactam (4-membered cyclic amide) rings is 1. The highest BCUT2D eigenvalue weighted by atomic mass is 32.2. The minimum atomic E-state index is -1.16. The lowest BCUT2D eigenvalue weighted by atomic mass is 10.0. The molecule has 14 heteroatoms. The van der Waals surface area contributed by atoms with Crippen LogP contribution in [-0.4, -0.2) is 71.1 Å². The summed E-state index contributed by atoms with van der Waals surface area (Å²) in [5, 5.41) is 38.8. The van der Waals surface area contributed by atoms with E-state index in [9.17, 15) is 19.5 Å². The van der Waals surface area contributed by atoms with Crippen molar-refractivity contribution in [1.82, 2.24) is 20.4 Å². The van der Waals surface area contributed by atoms with Gasteiger partial charge in [0.2, 0.25) is 0 Å². The number of aromatic nitrogens is 2. The molecule has 4 rings (SSSR count). The van der Waals surface area contributed by atoms with Crippen LogP contribution in [0.4, 0.5) is 0 Å². The molecule has 1 aromatic heterocycles. The number of nitrogens with zero attached hydrogens (tertiary/aromatic N) is 4. The number of hydrogen-bond acceptors (Lipinski definition) is 10. The first kappa shape index (κ1) is 23.0. The second-order valence-corrected chi connectivity index (χ2v) is 11.2. The lowest BCUT2D eigenvalue weighted by Gasteiger charge is -2.49. The number of carboxylic acid groups (broad SMARTS) is 2. The fourth-order valence-electron chi connectivity index (χ4n) is 3.44. The van der Waals surface area contributed by atoms with Gasteiger partial charge in [-0.2, -0.15) is 5.26 Å². The van der Waals surface area contributed by atoms with Crippen LogP contribution in [0.15, 0.2) is 15.6 Å². The number of nitrogens with one attached hydrogen (secondary N) is 1. The number of nitriles is 1. The summed E-state index contributed by atoms with van der Waals surface area (Å²) >= 11 is 9.39. The number of rotatable bonds is 9. The van der Waals surface area contributed by atoms with Gasteiger partial charge in [0.05, 0.1) is 23.4 Å². The highest BCUT2D eigenvalue weighted by Gasteiger charge is 2.55. The Hall–Kier alpha value is -2.21. The van der Waals surface area contributed by atoms with E-state index in [1.54, 1.807) is 0 Å². The van der Waals surface area contributed by atoms with Gasteiger partial charge in [0.1, 0.15) is 22.1 Å². The van der Waals surface area contributed by atoms with E-state index in [1.165, 1.54) is 39.8 Å². The van der Waals surface area contributed by atoms with Crippen molar-refractivity contribution in [2.24, 2.45) is 11.8 Å². The Morgan fingerprint density at radius 3 is 2.81 bits per heavy atom. The molecule has 0 radical (unpaired) electrons. The van der Waals surface area contributed by atoms with Crippen LogP contribution in [-0.2, 0) is 20.8 Å². The van der Waals surface area contributed by atoms with E-state index in [4.69, 9.17) is 22.6 Å². The lowest BCUT2D eigenvalue weighted by molar-refractivity contribution is -0.148. The number of aliphatic carboxylic acids is 2. The molecule has 1 unspecified atom stereocenters. The molecule has 3 aliphatic rings. The maximum atomic E-state index is 12.7. The van der Waals surface area contributed by atoms with Gasteiger partial charge < -0.3 is 15.5 Å². The quantitative estimate of drug-likeness (QED) is 0.249. The summed E-state index contributed by atoms with van der Waals surface area (Å²) in [7, 11) is 0. The summed E-state index contributed by atoms with van der Waals surface area (Å²) in [6.45, 7) is 0. The Kier molecular flexibility index (Phi) is 6.70. The van der Waals surface area contributed by atoms with Crippen LogP contribution in [0, 0.1) is 23.2 Å². The molecule has 2 aliphatic heterocycles. The number of fused-ring (bicyclic) bond motifs is 1. The van der Waals surface area contributed by atoms with Crippen molar-refractivity contribution in [3.63, 3.8) is 0 Å². The average molecular weight is 512 g/mol. The van der Waals surface area contributed by atoms with Crippen LogP contribution >= 0.6 is 47.1 Å². The van der Waals surface area contributed by atoms with E-state index in [1.807, 2.05) is 0 Å². The molecule has 0 bridgehead atoms. The Balaban J connectivity index is 1.39. The summed E-state index contributed by atoms with van der Waals surface area (Å²) in [5.74, 6) is -1.77. The van der Waals surface area contributed by atoms with E-state index in [2.05, 4.69) is 21.6 Å². The molecular formula is C18H17N5O5S4. The summed E-state index contributed by atoms with van der Waals surface area (Å²) in [5.41, 5.74) is 0.610. The maximum Gasteiger partial charge on any atom is 0.352 e. The first-order valence-electron chi connectivity index (χ1n) is 9.57. The van der Waals surface area contributed by atoms with Crippen molar-refractivity contribution in [3.8, 4) is 6.07 Å². The predicted octanol–water partition coefficient (Wildman–Crippen LogP) is 1.35. The van der Waals surface area contributed by atoms with Gasteiger partial charge in [-0.15, -0.1) is 22.0 Å². The van der Waals surface area contributed by atoms with E-state index >= 15 is 0 Å². The Morgan fingerprint density at radius 2 is 2.16 bits per heavy atom. The highest BCUT2D eigenvalue weighted by molar-refractivity contribution is 8.01. The van der Waals surface area contributed by atoms with Gasteiger partial charge in [0.25, 0.3) is 5.91 Å². The van der Waals surface area contributed by atoms with Gasteiger partial charge in [0, 0.05) is 23.8 Å². The van der Waals surface area contributed by atoms with Gasteiger partial charge in [-0.05, 0) is 12.0 Å². The topological polar surface area (TPSA) is 157 Å². The summed E-state index contributed by atoms with van der Waals surface area (Å²) < 4.78 is 0.617. The first-order valence-corrected chi connectivity index (χ1v) is 12.8. The summed E-state index contributed by atoms with van der Waals surface area (Å²) in [6.07, 6.45) is 0.956. The van der Waals surface area contributed by atoms with E-state index in [0.717, 1.165) is 0 Å². The Morgan fingerprint density at radius 1 is 1.38 bits per heavy atom. The minimum Gasteiger partial charge on any atom is -0.481 e. The summed E-state index contributed by atoms with van der Waals surface area (Å²) in [6, 6.07) is 1.58. The van der Waals surface area contributed by atoms with E-state index < -0.39 is 18.0 Å². The van der Waals surface area contributed by atoms with Gasteiger partial charge >= 0.3 is 11.9 Å². The molecule has 1 aliphatic carbocycles. The molecule has 1 amide bonds. The van der Waals surface area contributed by atoms with E-state index in [0.29, 0.717) is 44.3 Å². The number of hydrogen-bond donors (Lipinski definition) is 3. The fourth-order valence-corrected chi connectivity index (χ4v) is 7.21. The largest absolute Gasteiger partial charge is 0.481 e. The van der Waals surface area contributed by atoms with Crippen molar-refractivity contribution in [3.05, 3.63) is 16.3 Å². The summed E-state index contributed by atoms with van der Waals surface area (Å²) in [4.78, 5) is 37.2. The number of thioether (sulfide) groups is 2. The van der Waals surface area contributed by atoms with Crippen molar-refractivity contribution < 1.29 is 24.6 Å². The second-order valence-electron chi connectivity index (χ2n) is 7.38. The molecule has 2 fully saturated rings. The molecule has 168 valence electrons. The molecule has 0 aromatic carbocycles. The molecule has 0 spiro atoms. The first-order chi connectivity index (χ1) is 15.3. The van der Waals surface area contributed by atoms with Gasteiger partial charge in [-0.25, -0.2) is 4.79 Å². The molecule has 1 saturated carbocycles. The minimum absolute atomic E-state index is 0.00726. The lowest BCUT2D eigenvalue weighted by Crippen LogP contribution is -2.70. The zero-order valence-electron chi connectivity index (χ0n) is 16.4. The second kappa shape index (κ2) is 9.34. The van der Waals surface area contributed by atoms with Gasteiger partial charge in [0.15, 0.2) is 4.34 Å². The van der Waals surface area contributed by atoms with Gasteiger partial charge in [-0.1, -0.05) is 35.3 Å². The molecule has 10 nitrogen and oxygen atoms in total. The Labute approximate surface area is 200 Å². The van der Waals surface area contributed by atoms with Crippen molar-refractivity contribution in [2.75, 3.05) is 11.5 Å². The average Bonchev–Trinajstić information content (AvgIpc) is 3.43. The zero-order valence-corrected chi connectivity index (χ0v) is 19.7. The predicted molar refractivity (Wildman–Crippen MR) is 121 cm³/mol. The molecule has 32 heavy (non-hydrogen) atoms. The monoisotopic (exact) mass is 511 g/mol. The SMILES string of the molecule is N#C[C@@H]1C[C@@H]1C(=S)NC1C(=O)N2C(C(=O)O)=C(CSc3nnc(CCC(=O)O)s3)CS[C@@H]12. The number of thiocarbonyl (C=S) groups is 1. The molecule has 3 heterocycles. The number of carbonyl (C=O) groups excluding carboxylic acids is 1. The molecular weight excluding hydrogens is 494 g/mol.